The molecule has 80 valence electrons. The number of rotatable bonds is 0. The van der Waals surface area contributed by atoms with Crippen LogP contribution in [-0.4, -0.2) is 4.98 Å². The second-order valence-corrected chi connectivity index (χ2v) is 6.31. The summed E-state index contributed by atoms with van der Waals surface area (Å²) >= 11 is 6.20. The normalized spacial score (nSPS) is 13.4. The van der Waals surface area contributed by atoms with Crippen molar-refractivity contribution in [1.82, 2.24) is 4.98 Å². The molecule has 1 N–H and O–H groups in total. The molecule has 0 radical (unpaired) electrons. The summed E-state index contributed by atoms with van der Waals surface area (Å²) < 4.78 is 0. The van der Waals surface area contributed by atoms with Crippen molar-refractivity contribution >= 4 is 11.6 Å². The fourth-order valence-corrected chi connectivity index (χ4v) is 1.82. The molecule has 1 heterocycles. The number of halogens is 1. The summed E-state index contributed by atoms with van der Waals surface area (Å²) in [5, 5.41) is 0.849. The predicted octanol–water partition coefficient (Wildman–Crippen LogP) is 4.26. The van der Waals surface area contributed by atoms with E-state index in [0.717, 1.165) is 10.7 Å². The topological polar surface area (TPSA) is 15.8 Å². The van der Waals surface area contributed by atoms with E-state index in [1.54, 1.807) is 0 Å². The second-order valence-electron chi connectivity index (χ2n) is 5.91. The average molecular weight is 214 g/mol. The molecule has 0 aromatic carbocycles. The molecule has 1 aromatic heterocycles. The maximum atomic E-state index is 6.20. The van der Waals surface area contributed by atoms with Gasteiger partial charge >= 0.3 is 0 Å². The van der Waals surface area contributed by atoms with Crippen molar-refractivity contribution in [2.75, 3.05) is 0 Å². The van der Waals surface area contributed by atoms with Crippen molar-refractivity contribution < 1.29 is 0 Å². The van der Waals surface area contributed by atoms with Crippen LogP contribution in [0.5, 0.6) is 0 Å². The first kappa shape index (κ1) is 11.6. The third-order valence-corrected chi connectivity index (χ3v) is 2.63. The van der Waals surface area contributed by atoms with Crippen LogP contribution in [0, 0.1) is 0 Å². The fraction of sp³-hybridized carbons (Fsp3) is 0.667. The molecule has 0 spiro atoms. The highest BCUT2D eigenvalue weighted by atomic mass is 35.5. The summed E-state index contributed by atoms with van der Waals surface area (Å²) in [6.45, 7) is 13.0. The van der Waals surface area contributed by atoms with Gasteiger partial charge in [-0.05, 0) is 6.07 Å². The Balaban J connectivity index is 3.19. The Morgan fingerprint density at radius 3 is 1.71 bits per heavy atom. The maximum absolute atomic E-state index is 6.20. The molecule has 14 heavy (non-hydrogen) atoms. The zero-order valence-electron chi connectivity index (χ0n) is 9.96. The van der Waals surface area contributed by atoms with Crippen molar-refractivity contribution in [3.05, 3.63) is 22.5 Å². The number of aromatic nitrogens is 1. The Morgan fingerprint density at radius 2 is 1.50 bits per heavy atom. The number of aromatic amines is 1. The molecular formula is C12H20ClN. The van der Waals surface area contributed by atoms with Crippen LogP contribution in [0.4, 0.5) is 0 Å². The van der Waals surface area contributed by atoms with Crippen molar-refractivity contribution in [3.63, 3.8) is 0 Å². The van der Waals surface area contributed by atoms with Crippen molar-refractivity contribution in [2.24, 2.45) is 0 Å². The highest BCUT2D eigenvalue weighted by molar-refractivity contribution is 6.31. The van der Waals surface area contributed by atoms with Gasteiger partial charge in [-0.2, -0.15) is 0 Å². The third-order valence-electron chi connectivity index (χ3n) is 2.33. The van der Waals surface area contributed by atoms with Crippen LogP contribution in [0.25, 0.3) is 0 Å². The van der Waals surface area contributed by atoms with E-state index in [9.17, 15) is 0 Å². The molecule has 0 aliphatic heterocycles. The third kappa shape index (κ3) is 2.33. The standard InChI is InChI=1S/C12H20ClN/c1-11(2,3)9-7-8(13)10(14-9)12(4,5)6/h7,14H,1-6H3. The predicted molar refractivity (Wildman–Crippen MR) is 63.2 cm³/mol. The Morgan fingerprint density at radius 1 is 1.00 bits per heavy atom. The fourth-order valence-electron chi connectivity index (χ4n) is 1.38. The smallest absolute Gasteiger partial charge is 0.0621 e. The highest BCUT2D eigenvalue weighted by Gasteiger charge is 2.24. The first-order valence-corrected chi connectivity index (χ1v) is 5.39. The van der Waals surface area contributed by atoms with E-state index in [0.29, 0.717) is 0 Å². The van der Waals surface area contributed by atoms with Gasteiger partial charge in [-0.15, -0.1) is 0 Å². The molecule has 0 aliphatic carbocycles. The molecule has 0 aliphatic rings. The molecule has 0 bridgehead atoms. The van der Waals surface area contributed by atoms with E-state index >= 15 is 0 Å². The lowest BCUT2D eigenvalue weighted by Crippen LogP contribution is -2.15. The van der Waals surface area contributed by atoms with Gasteiger partial charge in [0.25, 0.3) is 0 Å². The zero-order valence-corrected chi connectivity index (χ0v) is 10.7. The van der Waals surface area contributed by atoms with Crippen molar-refractivity contribution in [2.45, 2.75) is 52.4 Å². The lowest BCUT2D eigenvalue weighted by Gasteiger charge is -2.19. The molecule has 1 aromatic rings. The number of hydrogen-bond acceptors (Lipinski definition) is 0. The summed E-state index contributed by atoms with van der Waals surface area (Å²) in [5.74, 6) is 0. The summed E-state index contributed by atoms with van der Waals surface area (Å²) in [6.07, 6.45) is 0. The van der Waals surface area contributed by atoms with Gasteiger partial charge in [0, 0.05) is 22.2 Å². The Labute approximate surface area is 91.9 Å². The van der Waals surface area contributed by atoms with E-state index in [1.165, 1.54) is 5.69 Å². The van der Waals surface area contributed by atoms with Crippen molar-refractivity contribution in [1.29, 1.82) is 0 Å². The lowest BCUT2D eigenvalue weighted by molar-refractivity contribution is 0.543. The van der Waals surface area contributed by atoms with Gasteiger partial charge in [-0.3, -0.25) is 0 Å². The van der Waals surface area contributed by atoms with E-state index in [-0.39, 0.29) is 10.8 Å². The first-order chi connectivity index (χ1) is 6.12. The summed E-state index contributed by atoms with van der Waals surface area (Å²) in [6, 6.07) is 2.04. The Bertz CT molecular complexity index is 323. The number of hydrogen-bond donors (Lipinski definition) is 1. The molecular weight excluding hydrogens is 194 g/mol. The van der Waals surface area contributed by atoms with Gasteiger partial charge in [-0.25, -0.2) is 0 Å². The average Bonchev–Trinajstić information content (AvgIpc) is 2.27. The van der Waals surface area contributed by atoms with Gasteiger partial charge in [0.05, 0.1) is 5.02 Å². The summed E-state index contributed by atoms with van der Waals surface area (Å²) in [7, 11) is 0. The molecule has 0 fully saturated rings. The lowest BCUT2D eigenvalue weighted by atomic mass is 9.92. The molecule has 1 nitrogen and oxygen atoms in total. The molecule has 0 unspecified atom stereocenters. The van der Waals surface area contributed by atoms with Crippen molar-refractivity contribution in [3.8, 4) is 0 Å². The quantitative estimate of drug-likeness (QED) is 0.663. The zero-order chi connectivity index (χ0) is 11.1. The molecule has 2 heteroatoms. The summed E-state index contributed by atoms with van der Waals surface area (Å²) in [5.41, 5.74) is 2.55. The molecule has 0 atom stereocenters. The van der Waals surface area contributed by atoms with Gasteiger partial charge in [-0.1, -0.05) is 53.1 Å². The van der Waals surface area contributed by atoms with Gasteiger partial charge < -0.3 is 4.98 Å². The van der Waals surface area contributed by atoms with Gasteiger partial charge in [0.15, 0.2) is 0 Å². The SMILES string of the molecule is CC(C)(C)c1cc(Cl)c(C(C)(C)C)[nH]1. The first-order valence-electron chi connectivity index (χ1n) is 5.02. The molecule has 0 saturated heterocycles. The van der Waals surface area contributed by atoms with Crippen LogP contribution in [-0.2, 0) is 10.8 Å². The monoisotopic (exact) mass is 213 g/mol. The van der Waals surface area contributed by atoms with E-state index in [2.05, 4.69) is 46.5 Å². The molecule has 0 saturated carbocycles. The maximum Gasteiger partial charge on any atom is 0.0621 e. The largest absolute Gasteiger partial charge is 0.360 e. The van der Waals surface area contributed by atoms with Crippen LogP contribution in [0.3, 0.4) is 0 Å². The number of H-pyrrole nitrogens is 1. The molecule has 1 rings (SSSR count). The van der Waals surface area contributed by atoms with Gasteiger partial charge in [0.1, 0.15) is 0 Å². The highest BCUT2D eigenvalue weighted by Crippen LogP contribution is 2.33. The minimum atomic E-state index is 0.0839. The Kier molecular flexibility index (Phi) is 2.75. The van der Waals surface area contributed by atoms with Crippen LogP contribution in [0.2, 0.25) is 5.02 Å². The van der Waals surface area contributed by atoms with Crippen LogP contribution < -0.4 is 0 Å². The Hall–Kier alpha value is -0.430. The summed E-state index contributed by atoms with van der Waals surface area (Å²) in [4.78, 5) is 3.43. The molecule has 0 amide bonds. The van der Waals surface area contributed by atoms with Crippen LogP contribution >= 0.6 is 11.6 Å². The minimum absolute atomic E-state index is 0.0839. The second kappa shape index (κ2) is 3.30. The minimum Gasteiger partial charge on any atom is -0.360 e. The van der Waals surface area contributed by atoms with Gasteiger partial charge in [0.2, 0.25) is 0 Å². The number of nitrogens with one attached hydrogen (secondary N) is 1. The van der Waals surface area contributed by atoms with E-state index in [4.69, 9.17) is 11.6 Å². The van der Waals surface area contributed by atoms with Crippen LogP contribution in [0.15, 0.2) is 6.07 Å². The van der Waals surface area contributed by atoms with Crippen LogP contribution in [0.1, 0.15) is 52.9 Å². The van der Waals surface area contributed by atoms with E-state index in [1.807, 2.05) is 6.07 Å². The van der Waals surface area contributed by atoms with E-state index < -0.39 is 0 Å².